The summed E-state index contributed by atoms with van der Waals surface area (Å²) in [6.07, 6.45) is 0.816. The van der Waals surface area contributed by atoms with Gasteiger partial charge >= 0.3 is 5.63 Å². The van der Waals surface area contributed by atoms with Crippen LogP contribution in [0.1, 0.15) is 30.0 Å². The van der Waals surface area contributed by atoms with E-state index in [1.807, 2.05) is 19.9 Å². The van der Waals surface area contributed by atoms with E-state index < -0.39 is 15.6 Å². The molecule has 0 saturated carbocycles. The van der Waals surface area contributed by atoms with E-state index in [2.05, 4.69) is 10.0 Å². The Morgan fingerprint density at radius 1 is 1.00 bits per heavy atom. The predicted molar refractivity (Wildman–Crippen MR) is 113 cm³/mol. The van der Waals surface area contributed by atoms with Crippen molar-refractivity contribution < 1.29 is 12.8 Å². The molecule has 0 saturated heterocycles. The van der Waals surface area contributed by atoms with E-state index in [0.717, 1.165) is 12.0 Å². The molecule has 0 aliphatic rings. The third-order valence-corrected chi connectivity index (χ3v) is 6.13. The molecule has 0 aliphatic heterocycles. The van der Waals surface area contributed by atoms with Gasteiger partial charge < -0.3 is 9.73 Å². The average Bonchev–Trinajstić information content (AvgIpc) is 2.60. The minimum atomic E-state index is -3.98. The summed E-state index contributed by atoms with van der Waals surface area (Å²) in [7, 11) is -3.98. The summed E-state index contributed by atoms with van der Waals surface area (Å²) in [5.41, 5.74) is 2.22. The summed E-state index contributed by atoms with van der Waals surface area (Å²) >= 11 is 0. The normalized spacial score (nSPS) is 11.6. The molecule has 0 amide bonds. The maximum atomic E-state index is 13.1. The summed E-state index contributed by atoms with van der Waals surface area (Å²) in [5.74, 6) is 0. The first-order chi connectivity index (χ1) is 13.2. The second-order valence-corrected chi connectivity index (χ2v) is 8.52. The summed E-state index contributed by atoms with van der Waals surface area (Å²) in [6, 6.07) is 10.7. The SMILES string of the molecule is CCCNc1c(NS(=O)(=O)c2c(C)cc(C)cc2C)c(=O)oc2ccccc12. The minimum absolute atomic E-state index is 0.105. The van der Waals surface area contributed by atoms with Gasteiger partial charge in [-0.2, -0.15) is 0 Å². The van der Waals surface area contributed by atoms with E-state index in [1.54, 1.807) is 44.2 Å². The molecule has 6 nitrogen and oxygen atoms in total. The van der Waals surface area contributed by atoms with Crippen LogP contribution in [0.3, 0.4) is 0 Å². The number of fused-ring (bicyclic) bond motifs is 1. The Kier molecular flexibility index (Phi) is 5.47. The standard InChI is InChI=1S/C21H24N2O4S/c1-5-10-22-18-16-8-6-7-9-17(16)27-21(24)19(18)23-28(25,26)20-14(3)11-13(2)12-15(20)4/h6-9,11-12,22-23H,5,10H2,1-4H3. The number of rotatable bonds is 6. The Balaban J connectivity index is 2.19. The molecule has 0 bridgehead atoms. The van der Waals surface area contributed by atoms with E-state index in [1.165, 1.54) is 0 Å². The van der Waals surface area contributed by atoms with Crippen molar-refractivity contribution >= 4 is 32.4 Å². The number of benzene rings is 2. The fourth-order valence-corrected chi connectivity index (χ4v) is 4.97. The molecule has 2 N–H and O–H groups in total. The summed E-state index contributed by atoms with van der Waals surface area (Å²) in [6.45, 7) is 7.98. The first-order valence-electron chi connectivity index (χ1n) is 9.15. The largest absolute Gasteiger partial charge is 0.421 e. The highest BCUT2D eigenvalue weighted by Gasteiger charge is 2.24. The molecule has 3 rings (SSSR count). The van der Waals surface area contributed by atoms with E-state index >= 15 is 0 Å². The highest BCUT2D eigenvalue weighted by Crippen LogP contribution is 2.31. The summed E-state index contributed by atoms with van der Waals surface area (Å²) < 4.78 is 34.1. The second kappa shape index (κ2) is 7.67. The van der Waals surface area contributed by atoms with Gasteiger partial charge in [0, 0.05) is 11.9 Å². The molecule has 0 atom stereocenters. The molecule has 3 aromatic rings. The maximum absolute atomic E-state index is 13.1. The topological polar surface area (TPSA) is 88.4 Å². The Morgan fingerprint density at radius 3 is 2.29 bits per heavy atom. The Bertz CT molecular complexity index is 1170. The predicted octanol–water partition coefficient (Wildman–Crippen LogP) is 4.34. The number of anilines is 2. The lowest BCUT2D eigenvalue weighted by atomic mass is 10.1. The Hall–Kier alpha value is -2.80. The van der Waals surface area contributed by atoms with Crippen molar-refractivity contribution in [1.29, 1.82) is 0 Å². The fraction of sp³-hybridized carbons (Fsp3) is 0.286. The molecule has 1 heterocycles. The second-order valence-electron chi connectivity index (χ2n) is 6.90. The van der Waals surface area contributed by atoms with Crippen LogP contribution in [0.25, 0.3) is 11.0 Å². The van der Waals surface area contributed by atoms with Crippen LogP contribution in [0.2, 0.25) is 0 Å². The van der Waals surface area contributed by atoms with Crippen LogP contribution < -0.4 is 15.7 Å². The first kappa shape index (κ1) is 19.9. The van der Waals surface area contributed by atoms with E-state index in [9.17, 15) is 13.2 Å². The van der Waals surface area contributed by atoms with Crippen LogP contribution in [0.15, 0.2) is 50.5 Å². The Morgan fingerprint density at radius 2 is 1.64 bits per heavy atom. The van der Waals surface area contributed by atoms with Crippen LogP contribution >= 0.6 is 0 Å². The zero-order chi connectivity index (χ0) is 20.5. The van der Waals surface area contributed by atoms with Crippen molar-refractivity contribution in [3.63, 3.8) is 0 Å². The van der Waals surface area contributed by atoms with Crippen LogP contribution in [0.4, 0.5) is 11.4 Å². The maximum Gasteiger partial charge on any atom is 0.363 e. The molecular weight excluding hydrogens is 376 g/mol. The molecule has 0 radical (unpaired) electrons. The molecule has 1 aromatic heterocycles. The van der Waals surface area contributed by atoms with Crippen molar-refractivity contribution in [2.24, 2.45) is 0 Å². The van der Waals surface area contributed by atoms with E-state index in [0.29, 0.717) is 34.3 Å². The van der Waals surface area contributed by atoms with Gasteiger partial charge in [-0.15, -0.1) is 0 Å². The zero-order valence-corrected chi connectivity index (χ0v) is 17.2. The molecule has 148 valence electrons. The van der Waals surface area contributed by atoms with E-state index in [4.69, 9.17) is 4.42 Å². The molecule has 28 heavy (non-hydrogen) atoms. The molecule has 0 fully saturated rings. The van der Waals surface area contributed by atoms with Crippen LogP contribution in [-0.2, 0) is 10.0 Å². The number of nitrogens with one attached hydrogen (secondary N) is 2. The van der Waals surface area contributed by atoms with Gasteiger partial charge in [0.15, 0.2) is 5.69 Å². The van der Waals surface area contributed by atoms with Crippen LogP contribution in [0.5, 0.6) is 0 Å². The van der Waals surface area contributed by atoms with Crippen molar-refractivity contribution in [3.8, 4) is 0 Å². The number of hydrogen-bond donors (Lipinski definition) is 2. The smallest absolute Gasteiger partial charge is 0.363 e. The third-order valence-electron chi connectivity index (χ3n) is 4.47. The van der Waals surface area contributed by atoms with Gasteiger partial charge in [0.1, 0.15) is 5.58 Å². The third kappa shape index (κ3) is 3.75. The molecule has 7 heteroatoms. The van der Waals surface area contributed by atoms with Crippen molar-refractivity contribution in [2.45, 2.75) is 39.0 Å². The quantitative estimate of drug-likeness (QED) is 0.601. The lowest BCUT2D eigenvalue weighted by Gasteiger charge is -2.17. The van der Waals surface area contributed by atoms with Gasteiger partial charge in [-0.3, -0.25) is 4.72 Å². The lowest BCUT2D eigenvalue weighted by Crippen LogP contribution is -2.22. The van der Waals surface area contributed by atoms with Crippen LogP contribution in [-0.4, -0.2) is 15.0 Å². The molecule has 0 unspecified atom stereocenters. The molecule has 2 aromatic carbocycles. The molecular formula is C21H24N2O4S. The summed E-state index contributed by atoms with van der Waals surface area (Å²) in [4.78, 5) is 12.8. The number of sulfonamides is 1. The van der Waals surface area contributed by atoms with Gasteiger partial charge in [0.25, 0.3) is 10.0 Å². The van der Waals surface area contributed by atoms with Gasteiger partial charge in [-0.05, 0) is 50.5 Å². The number of aryl methyl sites for hydroxylation is 3. The van der Waals surface area contributed by atoms with Crippen molar-refractivity contribution in [2.75, 3.05) is 16.6 Å². The molecule has 0 spiro atoms. The van der Waals surface area contributed by atoms with Gasteiger partial charge in [0.2, 0.25) is 0 Å². The fourth-order valence-electron chi connectivity index (χ4n) is 3.45. The monoisotopic (exact) mass is 400 g/mol. The highest BCUT2D eigenvalue weighted by atomic mass is 32.2. The minimum Gasteiger partial charge on any atom is -0.421 e. The van der Waals surface area contributed by atoms with E-state index in [-0.39, 0.29) is 10.6 Å². The highest BCUT2D eigenvalue weighted by molar-refractivity contribution is 7.92. The Labute approximate surface area is 164 Å². The lowest BCUT2D eigenvalue weighted by molar-refractivity contribution is 0.563. The summed E-state index contributed by atoms with van der Waals surface area (Å²) in [5, 5.41) is 3.82. The molecule has 0 aliphatic carbocycles. The average molecular weight is 401 g/mol. The van der Waals surface area contributed by atoms with Gasteiger partial charge in [0.05, 0.1) is 10.6 Å². The number of para-hydroxylation sites is 1. The zero-order valence-electron chi connectivity index (χ0n) is 16.4. The van der Waals surface area contributed by atoms with Gasteiger partial charge in [-0.25, -0.2) is 13.2 Å². The van der Waals surface area contributed by atoms with Gasteiger partial charge in [-0.1, -0.05) is 36.8 Å². The number of hydrogen-bond acceptors (Lipinski definition) is 5. The van der Waals surface area contributed by atoms with Crippen molar-refractivity contribution in [3.05, 3.63) is 63.5 Å². The van der Waals surface area contributed by atoms with Crippen LogP contribution in [0, 0.1) is 20.8 Å². The van der Waals surface area contributed by atoms with Crippen molar-refractivity contribution in [1.82, 2.24) is 0 Å². The first-order valence-corrected chi connectivity index (χ1v) is 10.6.